The van der Waals surface area contributed by atoms with Crippen LogP contribution in [0.5, 0.6) is 0 Å². The third-order valence-electron chi connectivity index (χ3n) is 5.91. The summed E-state index contributed by atoms with van der Waals surface area (Å²) in [4.78, 5) is 14.6. The largest absolute Gasteiger partial charge is 0.370 e. The second-order valence-electron chi connectivity index (χ2n) is 7.96. The molecule has 0 aliphatic carbocycles. The van der Waals surface area contributed by atoms with Gasteiger partial charge in [-0.1, -0.05) is 54.6 Å². The van der Waals surface area contributed by atoms with Crippen molar-refractivity contribution in [3.63, 3.8) is 0 Å². The molecule has 0 bridgehead atoms. The highest BCUT2D eigenvalue weighted by Crippen LogP contribution is 2.26. The second kappa shape index (κ2) is 8.32. The first-order valence-electron chi connectivity index (χ1n) is 10.6. The number of aromatic nitrogens is 2. The lowest BCUT2D eigenvalue weighted by Gasteiger charge is -2.30. The number of ether oxygens (including phenoxy) is 1. The molecule has 2 amide bonds. The van der Waals surface area contributed by atoms with E-state index in [2.05, 4.69) is 41.8 Å². The Morgan fingerprint density at radius 2 is 1.83 bits per heavy atom. The number of hydrogen-bond donors (Lipinski definition) is 1. The van der Waals surface area contributed by atoms with Gasteiger partial charge in [0, 0.05) is 19.3 Å². The lowest BCUT2D eigenvalue weighted by Crippen LogP contribution is -2.44. The summed E-state index contributed by atoms with van der Waals surface area (Å²) in [5, 5.41) is 7.84. The Morgan fingerprint density at radius 3 is 2.70 bits per heavy atom. The zero-order chi connectivity index (χ0) is 20.3. The van der Waals surface area contributed by atoms with E-state index in [0.717, 1.165) is 31.6 Å². The Kier molecular flexibility index (Phi) is 5.24. The predicted octanol–water partition coefficient (Wildman–Crippen LogP) is 3.31. The fourth-order valence-electron chi connectivity index (χ4n) is 4.30. The molecule has 0 saturated carbocycles. The van der Waals surface area contributed by atoms with Crippen molar-refractivity contribution in [3.8, 4) is 0 Å². The van der Waals surface area contributed by atoms with Crippen LogP contribution in [0.15, 0.2) is 60.8 Å². The van der Waals surface area contributed by atoms with E-state index in [-0.39, 0.29) is 12.1 Å². The molecule has 154 valence electrons. The molecule has 2 aromatic carbocycles. The molecule has 0 spiro atoms. The Morgan fingerprint density at radius 1 is 1.03 bits per heavy atom. The molecule has 5 rings (SSSR count). The van der Waals surface area contributed by atoms with Crippen LogP contribution < -0.4 is 5.32 Å². The van der Waals surface area contributed by atoms with Crippen molar-refractivity contribution in [2.24, 2.45) is 0 Å². The lowest BCUT2D eigenvalue weighted by atomic mass is 10.0. The van der Waals surface area contributed by atoms with Crippen LogP contribution in [0.4, 0.5) is 4.79 Å². The van der Waals surface area contributed by atoms with Crippen molar-refractivity contribution in [2.45, 2.75) is 32.0 Å². The van der Waals surface area contributed by atoms with Gasteiger partial charge in [0.25, 0.3) is 0 Å². The average molecular weight is 402 g/mol. The van der Waals surface area contributed by atoms with E-state index in [4.69, 9.17) is 9.84 Å². The number of hydrogen-bond acceptors (Lipinski definition) is 3. The van der Waals surface area contributed by atoms with E-state index < -0.39 is 0 Å². The van der Waals surface area contributed by atoms with Crippen molar-refractivity contribution >= 4 is 6.03 Å². The van der Waals surface area contributed by atoms with Gasteiger partial charge in [0.2, 0.25) is 0 Å². The van der Waals surface area contributed by atoms with Gasteiger partial charge in [-0.3, -0.25) is 4.68 Å². The number of urea groups is 1. The molecule has 1 N–H and O–H groups in total. The topological polar surface area (TPSA) is 59.4 Å². The van der Waals surface area contributed by atoms with Gasteiger partial charge in [0.15, 0.2) is 0 Å². The normalized spacial score (nSPS) is 17.9. The smallest absolute Gasteiger partial charge is 0.317 e. The summed E-state index contributed by atoms with van der Waals surface area (Å²) in [5.41, 5.74) is 5.94. The van der Waals surface area contributed by atoms with Gasteiger partial charge in [0.05, 0.1) is 25.4 Å². The third-order valence-corrected chi connectivity index (χ3v) is 5.91. The van der Waals surface area contributed by atoms with Gasteiger partial charge in [-0.05, 0) is 35.1 Å². The van der Waals surface area contributed by atoms with Gasteiger partial charge in [-0.15, -0.1) is 0 Å². The van der Waals surface area contributed by atoms with Crippen LogP contribution in [0.1, 0.15) is 34.1 Å². The summed E-state index contributed by atoms with van der Waals surface area (Å²) in [6.07, 6.45) is 3.67. The first-order chi connectivity index (χ1) is 14.8. The van der Waals surface area contributed by atoms with Gasteiger partial charge >= 0.3 is 6.03 Å². The number of amides is 2. The van der Waals surface area contributed by atoms with Crippen molar-refractivity contribution in [2.75, 3.05) is 19.7 Å². The Hall–Kier alpha value is -3.12. The first-order valence-corrected chi connectivity index (χ1v) is 10.6. The number of nitrogens with zero attached hydrogens (tertiary/aromatic N) is 3. The molecule has 2 aliphatic heterocycles. The van der Waals surface area contributed by atoms with E-state index >= 15 is 0 Å². The maximum atomic E-state index is 12.7. The highest BCUT2D eigenvalue weighted by atomic mass is 16.5. The van der Waals surface area contributed by atoms with Gasteiger partial charge in [0.1, 0.15) is 6.10 Å². The quantitative estimate of drug-likeness (QED) is 0.728. The third kappa shape index (κ3) is 3.96. The lowest BCUT2D eigenvalue weighted by molar-refractivity contribution is 0.0400. The van der Waals surface area contributed by atoms with Crippen molar-refractivity contribution in [1.29, 1.82) is 0 Å². The maximum Gasteiger partial charge on any atom is 0.317 e. The van der Waals surface area contributed by atoms with Crippen LogP contribution >= 0.6 is 0 Å². The second-order valence-corrected chi connectivity index (χ2v) is 7.96. The fraction of sp³-hybridized carbons (Fsp3) is 0.333. The molecule has 6 nitrogen and oxygen atoms in total. The van der Waals surface area contributed by atoms with Gasteiger partial charge < -0.3 is 15.0 Å². The SMILES string of the molecule is O=C(NCC1OCCc2cn(Cc3ccccc3)nc21)N1CCc2ccccc2C1. The molecule has 30 heavy (non-hydrogen) atoms. The molecule has 6 heteroatoms. The van der Waals surface area contributed by atoms with E-state index in [0.29, 0.717) is 19.7 Å². The average Bonchev–Trinajstić information content (AvgIpc) is 3.20. The summed E-state index contributed by atoms with van der Waals surface area (Å²) in [7, 11) is 0. The molecule has 0 saturated heterocycles. The molecule has 1 aromatic heterocycles. The molecule has 2 aliphatic rings. The van der Waals surface area contributed by atoms with Crippen molar-refractivity contribution < 1.29 is 9.53 Å². The molecule has 3 aromatic rings. The van der Waals surface area contributed by atoms with E-state index in [9.17, 15) is 4.79 Å². The Labute approximate surface area is 176 Å². The number of carbonyl (C=O) groups excluding carboxylic acids is 1. The number of nitrogens with one attached hydrogen (secondary N) is 1. The standard InChI is InChI=1S/C24H26N4O2/c29-24(27-12-10-19-8-4-5-9-20(19)16-27)25-14-22-23-21(11-13-30-22)17-28(26-23)15-18-6-2-1-3-7-18/h1-9,17,22H,10-16H2,(H,25,29). The van der Waals surface area contributed by atoms with E-state index in [1.165, 1.54) is 22.3 Å². The summed E-state index contributed by atoms with van der Waals surface area (Å²) >= 11 is 0. The highest BCUT2D eigenvalue weighted by molar-refractivity contribution is 5.74. The number of rotatable bonds is 4. The van der Waals surface area contributed by atoms with Gasteiger partial charge in [-0.2, -0.15) is 5.10 Å². The van der Waals surface area contributed by atoms with E-state index in [1.54, 1.807) is 0 Å². The minimum absolute atomic E-state index is 0.0380. The van der Waals surface area contributed by atoms with Crippen molar-refractivity contribution in [3.05, 3.63) is 88.7 Å². The molecule has 1 atom stereocenters. The summed E-state index contributed by atoms with van der Waals surface area (Å²) in [5.74, 6) is 0. The first kappa shape index (κ1) is 18.9. The summed E-state index contributed by atoms with van der Waals surface area (Å²) in [6, 6.07) is 18.6. The molecule has 1 unspecified atom stereocenters. The number of benzene rings is 2. The van der Waals surface area contributed by atoms with E-state index in [1.807, 2.05) is 33.8 Å². The Balaban J connectivity index is 1.22. The minimum Gasteiger partial charge on any atom is -0.370 e. The zero-order valence-electron chi connectivity index (χ0n) is 17.0. The number of carbonyl (C=O) groups is 1. The van der Waals surface area contributed by atoms with Crippen LogP contribution in [-0.2, 0) is 30.7 Å². The molecule has 0 radical (unpaired) electrons. The summed E-state index contributed by atoms with van der Waals surface area (Å²) in [6.45, 7) is 3.23. The maximum absolute atomic E-state index is 12.7. The molecule has 3 heterocycles. The minimum atomic E-state index is -0.202. The van der Waals surface area contributed by atoms with Crippen LogP contribution in [0.25, 0.3) is 0 Å². The number of fused-ring (bicyclic) bond motifs is 2. The highest BCUT2D eigenvalue weighted by Gasteiger charge is 2.27. The molecule has 0 fully saturated rings. The Bertz CT molecular complexity index is 1030. The fourth-order valence-corrected chi connectivity index (χ4v) is 4.30. The zero-order valence-corrected chi connectivity index (χ0v) is 17.0. The van der Waals surface area contributed by atoms with Crippen LogP contribution in [-0.4, -0.2) is 40.4 Å². The predicted molar refractivity (Wildman–Crippen MR) is 114 cm³/mol. The van der Waals surface area contributed by atoms with Crippen LogP contribution in [0, 0.1) is 0 Å². The monoisotopic (exact) mass is 402 g/mol. The molecular weight excluding hydrogens is 376 g/mol. The van der Waals surface area contributed by atoms with Crippen molar-refractivity contribution in [1.82, 2.24) is 20.0 Å². The molecular formula is C24H26N4O2. The van der Waals surface area contributed by atoms with Gasteiger partial charge in [-0.25, -0.2) is 4.79 Å². The van der Waals surface area contributed by atoms with Crippen LogP contribution in [0.3, 0.4) is 0 Å². The van der Waals surface area contributed by atoms with Crippen LogP contribution in [0.2, 0.25) is 0 Å². The summed E-state index contributed by atoms with van der Waals surface area (Å²) < 4.78 is 7.93.